The van der Waals surface area contributed by atoms with Crippen molar-refractivity contribution < 1.29 is 9.47 Å². The zero-order valence-electron chi connectivity index (χ0n) is 17.6. The van der Waals surface area contributed by atoms with Crippen molar-refractivity contribution in [2.75, 3.05) is 12.4 Å². The Bertz CT molecular complexity index is 1210. The maximum atomic E-state index is 6.26. The van der Waals surface area contributed by atoms with E-state index in [9.17, 15) is 0 Å². The standard InChI is InChI=1S/C23H22Cl2N4O2/c1-23(2,3)13-7-5-6-8-19(13)31-21-16(9-10-20(29-21)30-4)26-22-27-17-11-14(24)15(25)12-18(17)28-22/h5-12H,1-4H3,(H2,26,27,28). The van der Waals surface area contributed by atoms with E-state index < -0.39 is 0 Å². The fourth-order valence-corrected chi connectivity index (χ4v) is 3.50. The molecule has 4 aromatic rings. The van der Waals surface area contributed by atoms with Gasteiger partial charge >= 0.3 is 0 Å². The maximum absolute atomic E-state index is 6.26. The van der Waals surface area contributed by atoms with Gasteiger partial charge in [-0.25, -0.2) is 4.98 Å². The van der Waals surface area contributed by atoms with Crippen molar-refractivity contribution in [3.05, 3.63) is 64.1 Å². The fourth-order valence-electron chi connectivity index (χ4n) is 3.18. The first kappa shape index (κ1) is 21.3. The minimum Gasteiger partial charge on any atom is -0.481 e. The number of methoxy groups -OCH3 is 1. The molecule has 0 atom stereocenters. The molecule has 8 heteroatoms. The third-order valence-electron chi connectivity index (χ3n) is 4.72. The van der Waals surface area contributed by atoms with Crippen LogP contribution in [0.15, 0.2) is 48.5 Å². The van der Waals surface area contributed by atoms with Gasteiger partial charge in [0, 0.05) is 11.6 Å². The number of rotatable bonds is 5. The van der Waals surface area contributed by atoms with Crippen molar-refractivity contribution in [1.82, 2.24) is 15.0 Å². The van der Waals surface area contributed by atoms with Gasteiger partial charge in [0.2, 0.25) is 17.7 Å². The summed E-state index contributed by atoms with van der Waals surface area (Å²) in [5.41, 5.74) is 3.05. The third kappa shape index (κ3) is 4.55. The van der Waals surface area contributed by atoms with Gasteiger partial charge in [-0.3, -0.25) is 0 Å². The molecule has 2 heterocycles. The molecule has 0 aliphatic rings. The minimum atomic E-state index is -0.0969. The smallest absolute Gasteiger partial charge is 0.246 e. The van der Waals surface area contributed by atoms with Gasteiger partial charge in [-0.05, 0) is 29.7 Å². The van der Waals surface area contributed by atoms with Crippen LogP contribution in [-0.2, 0) is 5.41 Å². The Balaban J connectivity index is 1.72. The second kappa shape index (κ2) is 8.29. The van der Waals surface area contributed by atoms with Crippen molar-refractivity contribution in [2.24, 2.45) is 0 Å². The summed E-state index contributed by atoms with van der Waals surface area (Å²) in [6.07, 6.45) is 0. The number of ether oxygens (including phenoxy) is 2. The number of H-pyrrole nitrogens is 1. The number of pyridine rings is 1. The van der Waals surface area contributed by atoms with E-state index in [2.05, 4.69) is 47.1 Å². The Morgan fingerprint density at radius 3 is 2.45 bits per heavy atom. The van der Waals surface area contributed by atoms with E-state index in [-0.39, 0.29) is 5.41 Å². The van der Waals surface area contributed by atoms with Crippen LogP contribution in [0.5, 0.6) is 17.5 Å². The first-order chi connectivity index (χ1) is 14.7. The molecule has 0 saturated heterocycles. The second-order valence-electron chi connectivity index (χ2n) is 8.05. The van der Waals surface area contributed by atoms with E-state index in [1.54, 1.807) is 25.3 Å². The molecule has 4 rings (SSSR count). The Kier molecular flexibility index (Phi) is 5.69. The first-order valence-electron chi connectivity index (χ1n) is 9.69. The zero-order valence-corrected chi connectivity index (χ0v) is 19.1. The lowest BCUT2D eigenvalue weighted by Crippen LogP contribution is -2.12. The summed E-state index contributed by atoms with van der Waals surface area (Å²) >= 11 is 12.2. The molecule has 2 aromatic carbocycles. The SMILES string of the molecule is COc1ccc(Nc2nc3cc(Cl)c(Cl)cc3[nH]2)c(Oc2ccccc2C(C)(C)C)n1. The normalized spacial score (nSPS) is 11.5. The van der Waals surface area contributed by atoms with Gasteiger partial charge in [-0.1, -0.05) is 62.2 Å². The van der Waals surface area contributed by atoms with Crippen LogP contribution in [0.25, 0.3) is 11.0 Å². The number of nitrogens with one attached hydrogen (secondary N) is 2. The predicted octanol–water partition coefficient (Wildman–Crippen LogP) is 7.11. The molecule has 2 aromatic heterocycles. The number of imidazole rings is 1. The summed E-state index contributed by atoms with van der Waals surface area (Å²) in [5, 5.41) is 4.14. The molecule has 160 valence electrons. The number of aromatic nitrogens is 3. The van der Waals surface area contributed by atoms with Crippen LogP contribution in [0.1, 0.15) is 26.3 Å². The molecule has 0 unspecified atom stereocenters. The van der Waals surface area contributed by atoms with Crippen molar-refractivity contribution in [2.45, 2.75) is 26.2 Å². The summed E-state index contributed by atoms with van der Waals surface area (Å²) in [6.45, 7) is 6.41. The molecule has 0 bridgehead atoms. The second-order valence-corrected chi connectivity index (χ2v) is 8.86. The van der Waals surface area contributed by atoms with Crippen LogP contribution in [-0.4, -0.2) is 22.1 Å². The summed E-state index contributed by atoms with van der Waals surface area (Å²) in [5.74, 6) is 2.04. The summed E-state index contributed by atoms with van der Waals surface area (Å²) in [6, 6.07) is 14.9. The lowest BCUT2D eigenvalue weighted by Gasteiger charge is -2.23. The van der Waals surface area contributed by atoms with Crippen LogP contribution in [0.2, 0.25) is 10.0 Å². The molecular weight excluding hydrogens is 435 g/mol. The molecule has 0 spiro atoms. The summed E-state index contributed by atoms with van der Waals surface area (Å²) in [4.78, 5) is 12.2. The Hall–Kier alpha value is -2.96. The topological polar surface area (TPSA) is 72.1 Å². The molecule has 2 N–H and O–H groups in total. The number of halogens is 2. The first-order valence-corrected chi connectivity index (χ1v) is 10.4. The van der Waals surface area contributed by atoms with Crippen LogP contribution < -0.4 is 14.8 Å². The number of benzene rings is 2. The summed E-state index contributed by atoms with van der Waals surface area (Å²) in [7, 11) is 1.56. The van der Waals surface area contributed by atoms with Gasteiger partial charge in [0.15, 0.2) is 0 Å². The lowest BCUT2D eigenvalue weighted by atomic mass is 9.86. The predicted molar refractivity (Wildman–Crippen MR) is 125 cm³/mol. The lowest BCUT2D eigenvalue weighted by molar-refractivity contribution is 0.381. The number of fused-ring (bicyclic) bond motifs is 1. The van der Waals surface area contributed by atoms with Crippen LogP contribution in [0, 0.1) is 0 Å². The number of para-hydroxylation sites is 1. The fraction of sp³-hybridized carbons (Fsp3) is 0.217. The highest BCUT2D eigenvalue weighted by atomic mass is 35.5. The Labute approximate surface area is 190 Å². The quantitative estimate of drug-likeness (QED) is 0.334. The van der Waals surface area contributed by atoms with E-state index in [1.807, 2.05) is 24.3 Å². The van der Waals surface area contributed by atoms with Crippen molar-refractivity contribution in [3.8, 4) is 17.5 Å². The molecule has 0 aliphatic heterocycles. The molecule has 0 saturated carbocycles. The highest BCUT2D eigenvalue weighted by molar-refractivity contribution is 6.42. The number of anilines is 2. The Morgan fingerprint density at radius 1 is 0.968 bits per heavy atom. The number of hydrogen-bond acceptors (Lipinski definition) is 5. The van der Waals surface area contributed by atoms with E-state index in [4.69, 9.17) is 32.7 Å². The average molecular weight is 457 g/mol. The van der Waals surface area contributed by atoms with Gasteiger partial charge in [0.05, 0.1) is 28.2 Å². The molecule has 31 heavy (non-hydrogen) atoms. The monoisotopic (exact) mass is 456 g/mol. The molecule has 0 amide bonds. The van der Waals surface area contributed by atoms with Crippen LogP contribution >= 0.6 is 23.2 Å². The number of nitrogens with zero attached hydrogens (tertiary/aromatic N) is 2. The summed E-state index contributed by atoms with van der Waals surface area (Å²) < 4.78 is 11.6. The van der Waals surface area contributed by atoms with Crippen molar-refractivity contribution >= 4 is 45.9 Å². The van der Waals surface area contributed by atoms with Crippen molar-refractivity contribution in [1.29, 1.82) is 0 Å². The molecule has 0 radical (unpaired) electrons. The number of aromatic amines is 1. The highest BCUT2D eigenvalue weighted by Gasteiger charge is 2.20. The van der Waals surface area contributed by atoms with Gasteiger partial charge in [0.1, 0.15) is 11.4 Å². The van der Waals surface area contributed by atoms with Crippen LogP contribution in [0.3, 0.4) is 0 Å². The van der Waals surface area contributed by atoms with E-state index in [0.717, 1.165) is 16.8 Å². The van der Waals surface area contributed by atoms with E-state index >= 15 is 0 Å². The highest BCUT2D eigenvalue weighted by Crippen LogP contribution is 2.37. The molecule has 0 aliphatic carbocycles. The number of hydrogen-bond donors (Lipinski definition) is 2. The van der Waals surface area contributed by atoms with Gasteiger partial charge in [-0.2, -0.15) is 4.98 Å². The van der Waals surface area contributed by atoms with Crippen LogP contribution in [0.4, 0.5) is 11.6 Å². The van der Waals surface area contributed by atoms with E-state index in [0.29, 0.717) is 39.0 Å². The van der Waals surface area contributed by atoms with Gasteiger partial charge in [-0.15, -0.1) is 0 Å². The minimum absolute atomic E-state index is 0.0969. The Morgan fingerprint density at radius 2 is 1.71 bits per heavy atom. The zero-order chi connectivity index (χ0) is 22.2. The van der Waals surface area contributed by atoms with Gasteiger partial charge in [0.25, 0.3) is 0 Å². The largest absolute Gasteiger partial charge is 0.481 e. The van der Waals surface area contributed by atoms with Crippen molar-refractivity contribution in [3.63, 3.8) is 0 Å². The average Bonchev–Trinajstić information content (AvgIpc) is 3.10. The maximum Gasteiger partial charge on any atom is 0.246 e. The van der Waals surface area contributed by atoms with E-state index in [1.165, 1.54) is 0 Å². The third-order valence-corrected chi connectivity index (χ3v) is 5.44. The van der Waals surface area contributed by atoms with Gasteiger partial charge < -0.3 is 19.8 Å². The molecule has 0 fully saturated rings. The molecule has 6 nitrogen and oxygen atoms in total. The molecular formula is C23H22Cl2N4O2.